The second-order valence-electron chi connectivity index (χ2n) is 8.19. The number of rotatable bonds is 4. The van der Waals surface area contributed by atoms with Gasteiger partial charge in [-0.15, -0.1) is 0 Å². The van der Waals surface area contributed by atoms with E-state index in [0.717, 1.165) is 12.0 Å². The molecule has 1 aromatic heterocycles. The van der Waals surface area contributed by atoms with Gasteiger partial charge in [-0.1, -0.05) is 30.3 Å². The van der Waals surface area contributed by atoms with Gasteiger partial charge in [0.1, 0.15) is 5.82 Å². The van der Waals surface area contributed by atoms with Gasteiger partial charge in [0.25, 0.3) is 11.2 Å². The zero-order valence-electron chi connectivity index (χ0n) is 17.9. The molecular formula is C23H20N6O5. The van der Waals surface area contributed by atoms with Gasteiger partial charge in [0, 0.05) is 37.3 Å². The van der Waals surface area contributed by atoms with E-state index in [2.05, 4.69) is 26.7 Å². The lowest BCUT2D eigenvalue weighted by atomic mass is 9.92. The van der Waals surface area contributed by atoms with Crippen molar-refractivity contribution in [2.45, 2.75) is 25.3 Å². The molecule has 0 unspecified atom stereocenters. The zero-order chi connectivity index (χ0) is 23.8. The fourth-order valence-corrected chi connectivity index (χ4v) is 4.34. The molecule has 1 atom stereocenters. The molecule has 0 spiro atoms. The topological polar surface area (TPSA) is 150 Å². The molecule has 0 saturated heterocycles. The van der Waals surface area contributed by atoms with E-state index in [4.69, 9.17) is 0 Å². The summed E-state index contributed by atoms with van der Waals surface area (Å²) < 4.78 is 0. The minimum atomic E-state index is -1.09. The van der Waals surface area contributed by atoms with Crippen LogP contribution < -0.4 is 21.1 Å². The van der Waals surface area contributed by atoms with E-state index in [1.54, 1.807) is 0 Å². The quantitative estimate of drug-likeness (QED) is 0.399. The molecule has 0 fully saturated rings. The lowest BCUT2D eigenvalue weighted by Gasteiger charge is -2.30. The first-order valence-electron chi connectivity index (χ1n) is 10.7. The second kappa shape index (κ2) is 8.43. The van der Waals surface area contributed by atoms with E-state index in [9.17, 15) is 24.5 Å². The molecular weight excluding hydrogens is 440 g/mol. The molecule has 2 amide bonds. The zero-order valence-corrected chi connectivity index (χ0v) is 17.9. The monoisotopic (exact) mass is 460 g/mol. The molecule has 0 bridgehead atoms. The summed E-state index contributed by atoms with van der Waals surface area (Å²) in [4.78, 5) is 58.0. The van der Waals surface area contributed by atoms with Crippen LogP contribution in [0.15, 0.2) is 53.3 Å². The number of nitro benzene ring substituents is 1. The van der Waals surface area contributed by atoms with Crippen LogP contribution in [0.1, 0.15) is 29.0 Å². The van der Waals surface area contributed by atoms with Crippen LogP contribution >= 0.6 is 0 Å². The van der Waals surface area contributed by atoms with Crippen LogP contribution in [0.5, 0.6) is 0 Å². The number of nitrogens with zero attached hydrogens (tertiary/aromatic N) is 3. The van der Waals surface area contributed by atoms with Crippen LogP contribution in [-0.4, -0.2) is 33.3 Å². The SMILES string of the molecule is O=C1C[C@@H](C(=O)Nc2cccc([N+](=O)[O-])c2)c2c(nc(N3CCc4ccccc4C3)[nH]c2=O)N1. The Morgan fingerprint density at radius 1 is 1.15 bits per heavy atom. The number of hydrogen-bond donors (Lipinski definition) is 3. The van der Waals surface area contributed by atoms with Crippen LogP contribution in [-0.2, 0) is 22.6 Å². The Labute approximate surface area is 193 Å². The van der Waals surface area contributed by atoms with Gasteiger partial charge in [-0.25, -0.2) is 0 Å². The van der Waals surface area contributed by atoms with Crippen LogP contribution in [0, 0.1) is 10.1 Å². The van der Waals surface area contributed by atoms with Gasteiger partial charge in [0.05, 0.1) is 16.4 Å². The molecule has 11 nitrogen and oxygen atoms in total. The van der Waals surface area contributed by atoms with Gasteiger partial charge in [-0.05, 0) is 23.6 Å². The number of anilines is 3. The van der Waals surface area contributed by atoms with Crippen molar-refractivity contribution in [1.29, 1.82) is 0 Å². The summed E-state index contributed by atoms with van der Waals surface area (Å²) in [7, 11) is 0. The Bertz CT molecular complexity index is 1380. The van der Waals surface area contributed by atoms with E-state index >= 15 is 0 Å². The number of amides is 2. The highest BCUT2D eigenvalue weighted by atomic mass is 16.6. The molecule has 3 aromatic rings. The molecule has 0 aliphatic carbocycles. The number of carbonyl (C=O) groups excluding carboxylic acids is 2. The highest BCUT2D eigenvalue weighted by molar-refractivity contribution is 6.04. The van der Waals surface area contributed by atoms with E-state index in [-0.39, 0.29) is 29.2 Å². The lowest BCUT2D eigenvalue weighted by molar-refractivity contribution is -0.384. The molecule has 11 heteroatoms. The molecule has 2 aliphatic rings. The Morgan fingerprint density at radius 3 is 2.74 bits per heavy atom. The van der Waals surface area contributed by atoms with Gasteiger partial charge in [-0.2, -0.15) is 4.98 Å². The number of H-pyrrole nitrogens is 1. The van der Waals surface area contributed by atoms with Gasteiger partial charge in [0.15, 0.2) is 0 Å². The Kier molecular flexibility index (Phi) is 5.28. The normalized spacial score (nSPS) is 16.8. The Balaban J connectivity index is 1.43. The number of non-ortho nitro benzene ring substituents is 1. The third-order valence-electron chi connectivity index (χ3n) is 6.01. The minimum absolute atomic E-state index is 0.0491. The maximum Gasteiger partial charge on any atom is 0.271 e. The number of fused-ring (bicyclic) bond motifs is 2. The lowest BCUT2D eigenvalue weighted by Crippen LogP contribution is -2.38. The maximum atomic E-state index is 13.0. The number of aromatic amines is 1. The van der Waals surface area contributed by atoms with Crippen LogP contribution in [0.4, 0.5) is 23.1 Å². The standard InChI is InChI=1S/C23H20N6O5/c30-18-11-17(21(31)24-15-6-3-7-16(10-15)29(33)34)19-20(25-18)26-23(27-22(19)32)28-9-8-13-4-1-2-5-14(13)12-28/h1-7,10,17H,8-9,11-12H2,(H,24,31)(H2,25,26,27,30,32)/t17-/m1/s1. The summed E-state index contributed by atoms with van der Waals surface area (Å²) in [5.74, 6) is -1.79. The summed E-state index contributed by atoms with van der Waals surface area (Å²) in [6, 6.07) is 13.5. The van der Waals surface area contributed by atoms with Crippen LogP contribution in [0.2, 0.25) is 0 Å². The van der Waals surface area contributed by atoms with Crippen molar-refractivity contribution in [2.75, 3.05) is 22.1 Å². The third-order valence-corrected chi connectivity index (χ3v) is 6.01. The molecule has 34 heavy (non-hydrogen) atoms. The molecule has 3 heterocycles. The summed E-state index contributed by atoms with van der Waals surface area (Å²) in [6.45, 7) is 1.20. The van der Waals surface area contributed by atoms with Crippen molar-refractivity contribution in [3.8, 4) is 0 Å². The largest absolute Gasteiger partial charge is 0.338 e. The number of nitrogens with one attached hydrogen (secondary N) is 3. The molecule has 172 valence electrons. The molecule has 0 radical (unpaired) electrons. The summed E-state index contributed by atoms with van der Waals surface area (Å²) in [5.41, 5.74) is 1.92. The number of nitro groups is 1. The van der Waals surface area contributed by atoms with Gasteiger partial charge < -0.3 is 15.5 Å². The summed E-state index contributed by atoms with van der Waals surface area (Å²) in [5, 5.41) is 16.2. The van der Waals surface area contributed by atoms with E-state index in [0.29, 0.717) is 19.0 Å². The van der Waals surface area contributed by atoms with Gasteiger partial charge in [0.2, 0.25) is 17.8 Å². The van der Waals surface area contributed by atoms with Crippen LogP contribution in [0.3, 0.4) is 0 Å². The smallest absolute Gasteiger partial charge is 0.271 e. The third kappa shape index (κ3) is 3.98. The van der Waals surface area contributed by atoms with Crippen molar-refractivity contribution in [3.63, 3.8) is 0 Å². The van der Waals surface area contributed by atoms with Crippen molar-refractivity contribution in [2.24, 2.45) is 0 Å². The molecule has 5 rings (SSSR count). The fourth-order valence-electron chi connectivity index (χ4n) is 4.34. The van der Waals surface area contributed by atoms with Crippen molar-refractivity contribution >= 4 is 35.0 Å². The summed E-state index contributed by atoms with van der Waals surface area (Å²) in [6.07, 6.45) is 0.548. The minimum Gasteiger partial charge on any atom is -0.338 e. The van der Waals surface area contributed by atoms with Crippen molar-refractivity contribution in [3.05, 3.63) is 85.7 Å². The summed E-state index contributed by atoms with van der Waals surface area (Å²) >= 11 is 0. The van der Waals surface area contributed by atoms with E-state index in [1.165, 1.54) is 29.8 Å². The first-order chi connectivity index (χ1) is 16.4. The maximum absolute atomic E-state index is 13.0. The average Bonchev–Trinajstić information content (AvgIpc) is 2.83. The first-order valence-corrected chi connectivity index (χ1v) is 10.7. The Morgan fingerprint density at radius 2 is 1.94 bits per heavy atom. The number of aromatic nitrogens is 2. The fraction of sp³-hybridized carbons (Fsp3) is 0.217. The number of benzene rings is 2. The molecule has 2 aliphatic heterocycles. The average molecular weight is 460 g/mol. The van der Waals surface area contributed by atoms with Crippen molar-refractivity contribution < 1.29 is 14.5 Å². The van der Waals surface area contributed by atoms with E-state index < -0.39 is 28.2 Å². The first kappa shape index (κ1) is 21.3. The second-order valence-corrected chi connectivity index (χ2v) is 8.19. The van der Waals surface area contributed by atoms with E-state index in [1.807, 2.05) is 23.1 Å². The van der Waals surface area contributed by atoms with Crippen LogP contribution in [0.25, 0.3) is 0 Å². The van der Waals surface area contributed by atoms with Gasteiger partial charge in [-0.3, -0.25) is 29.5 Å². The molecule has 3 N–H and O–H groups in total. The molecule has 0 saturated carbocycles. The Hall–Kier alpha value is -4.54. The highest BCUT2D eigenvalue weighted by Gasteiger charge is 2.35. The number of hydrogen-bond acceptors (Lipinski definition) is 7. The predicted octanol–water partition coefficient (Wildman–Crippen LogP) is 2.31. The predicted molar refractivity (Wildman–Crippen MR) is 124 cm³/mol. The van der Waals surface area contributed by atoms with Crippen molar-refractivity contribution in [1.82, 2.24) is 9.97 Å². The van der Waals surface area contributed by atoms with Gasteiger partial charge >= 0.3 is 0 Å². The molecule has 2 aromatic carbocycles. The number of carbonyl (C=O) groups is 2. The highest BCUT2D eigenvalue weighted by Crippen LogP contribution is 2.31.